The lowest BCUT2D eigenvalue weighted by Gasteiger charge is -2.16. The van der Waals surface area contributed by atoms with Crippen molar-refractivity contribution >= 4 is 0 Å². The Kier molecular flexibility index (Phi) is 3.03. The lowest BCUT2D eigenvalue weighted by atomic mass is 10.3. The van der Waals surface area contributed by atoms with Crippen LogP contribution in [0.1, 0.15) is 13.3 Å². The van der Waals surface area contributed by atoms with E-state index < -0.39 is 12.1 Å². The predicted octanol–water partition coefficient (Wildman–Crippen LogP) is -1.19. The van der Waals surface area contributed by atoms with E-state index in [-0.39, 0.29) is 13.0 Å². The van der Waals surface area contributed by atoms with Crippen LogP contribution in [0.3, 0.4) is 0 Å². The summed E-state index contributed by atoms with van der Waals surface area (Å²) in [5.41, 5.74) is 0. The largest absolute Gasteiger partial charge is 0.385 e. The summed E-state index contributed by atoms with van der Waals surface area (Å²) in [6.07, 6.45) is -0.282. The molecular weight excluding hydrogens is 164 g/mol. The van der Waals surface area contributed by atoms with Crippen molar-refractivity contribution in [2.75, 3.05) is 13.2 Å². The monoisotopic (exact) mass is 178 g/mol. The fourth-order valence-corrected chi connectivity index (χ4v) is 0.701. The van der Waals surface area contributed by atoms with Crippen molar-refractivity contribution < 1.29 is 24.8 Å². The molecule has 0 saturated carbocycles. The second-order valence-electron chi connectivity index (χ2n) is 2.96. The van der Waals surface area contributed by atoms with Crippen LogP contribution < -0.4 is 0 Å². The first-order chi connectivity index (χ1) is 5.52. The summed E-state index contributed by atoms with van der Waals surface area (Å²) in [5.74, 6) is -2.29. The van der Waals surface area contributed by atoms with E-state index in [1.165, 1.54) is 0 Å². The van der Waals surface area contributed by atoms with Gasteiger partial charge in [-0.05, 0) is 6.92 Å². The molecule has 2 aliphatic heterocycles. The minimum atomic E-state index is -2.29. The molecule has 2 fully saturated rings. The van der Waals surface area contributed by atoms with Gasteiger partial charge in [0.2, 0.25) is 0 Å². The first-order valence-corrected chi connectivity index (χ1v) is 3.91. The maximum atomic E-state index is 8.63. The zero-order valence-electron chi connectivity index (χ0n) is 6.93. The van der Waals surface area contributed by atoms with Gasteiger partial charge in [-0.2, -0.15) is 0 Å². The van der Waals surface area contributed by atoms with Gasteiger partial charge in [-0.15, -0.1) is 0 Å². The number of rotatable bonds is 0. The molecule has 0 aromatic rings. The molecule has 2 heterocycles. The molecular formula is C7H14O5. The number of hydrogen-bond donors (Lipinski definition) is 3. The third kappa shape index (κ3) is 3.04. The number of epoxide rings is 1. The van der Waals surface area contributed by atoms with E-state index in [1.54, 1.807) is 0 Å². The molecule has 0 radical (unpaired) electrons. The fraction of sp³-hybridized carbons (Fsp3) is 1.00. The Morgan fingerprint density at radius 2 is 1.92 bits per heavy atom. The van der Waals surface area contributed by atoms with Gasteiger partial charge in [-0.1, -0.05) is 0 Å². The Morgan fingerprint density at radius 1 is 1.42 bits per heavy atom. The topological polar surface area (TPSA) is 82.5 Å². The van der Waals surface area contributed by atoms with Gasteiger partial charge in [0.25, 0.3) is 0 Å². The molecule has 2 unspecified atom stereocenters. The Morgan fingerprint density at radius 3 is 2.00 bits per heavy atom. The van der Waals surface area contributed by atoms with E-state index in [2.05, 4.69) is 11.7 Å². The normalized spacial score (nSPS) is 37.0. The second kappa shape index (κ2) is 3.68. The molecule has 2 atom stereocenters. The minimum Gasteiger partial charge on any atom is -0.385 e. The zero-order valence-corrected chi connectivity index (χ0v) is 6.93. The van der Waals surface area contributed by atoms with Gasteiger partial charge < -0.3 is 24.8 Å². The lowest BCUT2D eigenvalue weighted by Crippen LogP contribution is -2.38. The lowest BCUT2D eigenvalue weighted by molar-refractivity contribution is -0.344. The zero-order chi connectivity index (χ0) is 9.19. The molecule has 3 N–H and O–H groups in total. The van der Waals surface area contributed by atoms with Crippen LogP contribution in [0, 0.1) is 0 Å². The summed E-state index contributed by atoms with van der Waals surface area (Å²) >= 11 is 0. The number of ether oxygens (including phenoxy) is 2. The van der Waals surface area contributed by atoms with Crippen molar-refractivity contribution in [1.29, 1.82) is 0 Å². The van der Waals surface area contributed by atoms with E-state index in [0.717, 1.165) is 6.61 Å². The molecule has 12 heavy (non-hydrogen) atoms. The highest BCUT2D eigenvalue weighted by molar-refractivity contribution is 4.71. The van der Waals surface area contributed by atoms with Gasteiger partial charge in [0, 0.05) is 6.42 Å². The predicted molar refractivity (Wildman–Crippen MR) is 39.2 cm³/mol. The van der Waals surface area contributed by atoms with Crippen LogP contribution >= 0.6 is 0 Å². The standard InChI is InChI=1S/C4H8O4.C3H6O/c5-3-1-2-8-4(3,6)7;1-3-2-4-3/h3,5-7H,1-2H2;3H,2H2,1H3. The summed E-state index contributed by atoms with van der Waals surface area (Å²) in [7, 11) is 0. The Labute approximate surface area is 70.5 Å². The molecule has 72 valence electrons. The molecule has 2 aliphatic rings. The van der Waals surface area contributed by atoms with E-state index in [1.807, 2.05) is 0 Å². The third-order valence-electron chi connectivity index (χ3n) is 1.64. The molecule has 0 spiro atoms. The van der Waals surface area contributed by atoms with E-state index in [0.29, 0.717) is 6.10 Å². The van der Waals surface area contributed by atoms with Gasteiger partial charge in [0.05, 0.1) is 19.3 Å². The molecule has 2 rings (SSSR count). The van der Waals surface area contributed by atoms with E-state index in [9.17, 15) is 0 Å². The summed E-state index contributed by atoms with van der Waals surface area (Å²) < 4.78 is 9.02. The number of hydrogen-bond acceptors (Lipinski definition) is 5. The van der Waals surface area contributed by atoms with Gasteiger partial charge in [-0.25, -0.2) is 0 Å². The van der Waals surface area contributed by atoms with Crippen LogP contribution in [-0.2, 0) is 9.47 Å². The van der Waals surface area contributed by atoms with Gasteiger partial charge in [0.15, 0.2) is 0 Å². The summed E-state index contributed by atoms with van der Waals surface area (Å²) in [6.45, 7) is 3.24. The second-order valence-corrected chi connectivity index (χ2v) is 2.96. The molecule has 2 saturated heterocycles. The van der Waals surface area contributed by atoms with Crippen molar-refractivity contribution in [3.63, 3.8) is 0 Å². The van der Waals surface area contributed by atoms with Crippen LogP contribution in [-0.4, -0.2) is 46.7 Å². The molecule has 0 aromatic heterocycles. The van der Waals surface area contributed by atoms with Crippen LogP contribution in [0.15, 0.2) is 0 Å². The van der Waals surface area contributed by atoms with Crippen LogP contribution in [0.4, 0.5) is 0 Å². The average Bonchev–Trinajstić information content (AvgIpc) is 2.66. The molecule has 0 bridgehead atoms. The number of aliphatic hydroxyl groups is 3. The SMILES string of the molecule is CC1CO1.OC1CCOC1(O)O. The van der Waals surface area contributed by atoms with Gasteiger partial charge >= 0.3 is 5.97 Å². The van der Waals surface area contributed by atoms with Crippen molar-refractivity contribution in [2.45, 2.75) is 31.5 Å². The van der Waals surface area contributed by atoms with Crippen molar-refractivity contribution in [2.24, 2.45) is 0 Å². The third-order valence-corrected chi connectivity index (χ3v) is 1.64. The first kappa shape index (κ1) is 9.88. The highest BCUT2D eigenvalue weighted by atomic mass is 16.8. The minimum absolute atomic E-state index is 0.203. The van der Waals surface area contributed by atoms with Gasteiger partial charge in [-0.3, -0.25) is 0 Å². The quantitative estimate of drug-likeness (QED) is 0.321. The van der Waals surface area contributed by atoms with Crippen LogP contribution in [0.5, 0.6) is 0 Å². The summed E-state index contributed by atoms with van der Waals surface area (Å²) in [5, 5.41) is 25.7. The summed E-state index contributed by atoms with van der Waals surface area (Å²) in [4.78, 5) is 0. The molecule has 5 heteroatoms. The molecule has 0 aliphatic carbocycles. The fourth-order valence-electron chi connectivity index (χ4n) is 0.701. The van der Waals surface area contributed by atoms with E-state index >= 15 is 0 Å². The first-order valence-electron chi connectivity index (χ1n) is 3.91. The molecule has 0 aromatic carbocycles. The number of aliphatic hydroxyl groups excluding tert-OH is 1. The van der Waals surface area contributed by atoms with Crippen molar-refractivity contribution in [1.82, 2.24) is 0 Å². The molecule has 0 amide bonds. The Hall–Kier alpha value is -0.200. The highest BCUT2D eigenvalue weighted by Gasteiger charge is 2.39. The summed E-state index contributed by atoms with van der Waals surface area (Å²) in [6, 6.07) is 0. The highest BCUT2D eigenvalue weighted by Crippen LogP contribution is 2.19. The molecule has 5 nitrogen and oxygen atoms in total. The maximum absolute atomic E-state index is 8.63. The Balaban J connectivity index is 0.000000150. The van der Waals surface area contributed by atoms with Gasteiger partial charge in [0.1, 0.15) is 6.10 Å². The van der Waals surface area contributed by atoms with Crippen LogP contribution in [0.2, 0.25) is 0 Å². The van der Waals surface area contributed by atoms with Crippen molar-refractivity contribution in [3.8, 4) is 0 Å². The van der Waals surface area contributed by atoms with E-state index in [4.69, 9.17) is 20.1 Å². The maximum Gasteiger partial charge on any atom is 0.305 e. The smallest absolute Gasteiger partial charge is 0.305 e. The average molecular weight is 178 g/mol. The van der Waals surface area contributed by atoms with Crippen LogP contribution in [0.25, 0.3) is 0 Å². The Bertz CT molecular complexity index is 143. The van der Waals surface area contributed by atoms with Crippen molar-refractivity contribution in [3.05, 3.63) is 0 Å².